The molecule has 0 N–H and O–H groups in total. The summed E-state index contributed by atoms with van der Waals surface area (Å²) in [6.45, 7) is 8.83. The van der Waals surface area contributed by atoms with Crippen LogP contribution in [0.25, 0.3) is 17.0 Å². The molecule has 1 heterocycles. The Morgan fingerprint density at radius 3 is 2.11 bits per heavy atom. The fourth-order valence-corrected chi connectivity index (χ4v) is 2.93. The molecule has 28 heavy (non-hydrogen) atoms. The molecule has 4 nitrogen and oxygen atoms in total. The summed E-state index contributed by atoms with van der Waals surface area (Å²) in [5.74, 6) is 2.11. The molecule has 0 aliphatic carbocycles. The van der Waals surface area contributed by atoms with Crippen molar-refractivity contribution >= 4 is 17.5 Å². The number of hydrogen-bond donors (Lipinski definition) is 0. The molecule has 3 rings (SSSR count). The van der Waals surface area contributed by atoms with Crippen LogP contribution in [0, 0.1) is 5.41 Å². The van der Waals surface area contributed by atoms with E-state index in [2.05, 4.69) is 25.8 Å². The first kappa shape index (κ1) is 20.0. The third-order valence-electron chi connectivity index (χ3n) is 4.15. The summed E-state index contributed by atoms with van der Waals surface area (Å²) in [5, 5.41) is 0.726. The van der Waals surface area contributed by atoms with E-state index in [9.17, 15) is 0 Å². The van der Waals surface area contributed by atoms with Crippen LogP contribution < -0.4 is 4.74 Å². The molecule has 2 aromatic carbocycles. The summed E-state index contributed by atoms with van der Waals surface area (Å²) in [4.78, 5) is 4.15. The molecule has 0 atom stereocenters. The third kappa shape index (κ3) is 4.76. The van der Waals surface area contributed by atoms with E-state index in [-0.39, 0.29) is 5.41 Å². The number of hydrogen-bond acceptors (Lipinski definition) is 3. The minimum atomic E-state index is -0.223. The molecular formula is C23H25ClN2O2. The maximum atomic E-state index is 6.27. The largest absolute Gasteiger partial charge is 0.492 e. The Kier molecular flexibility index (Phi) is 6.10. The van der Waals surface area contributed by atoms with Crippen molar-refractivity contribution in [1.82, 2.24) is 9.55 Å². The first-order chi connectivity index (χ1) is 13.4. The summed E-state index contributed by atoms with van der Waals surface area (Å²) in [5.41, 5.74) is 1.97. The molecule has 146 valence electrons. The van der Waals surface area contributed by atoms with Crippen molar-refractivity contribution in [2.24, 2.45) is 5.41 Å². The summed E-state index contributed by atoms with van der Waals surface area (Å²) in [6, 6.07) is 15.7. The molecular weight excluding hydrogens is 372 g/mol. The monoisotopic (exact) mass is 396 g/mol. The second kappa shape index (κ2) is 8.53. The van der Waals surface area contributed by atoms with Crippen LogP contribution in [0.1, 0.15) is 27.7 Å². The molecule has 0 bridgehead atoms. The van der Waals surface area contributed by atoms with Crippen LogP contribution in [-0.4, -0.2) is 16.2 Å². The van der Waals surface area contributed by atoms with Gasteiger partial charge in [-0.05, 0) is 42.3 Å². The SMILES string of the molecule is CCOC(=C(Oc1ccc(-c2ccc(Cl)cc2)cc1)n1ccnc1)C(C)(C)C. The first-order valence-corrected chi connectivity index (χ1v) is 9.66. The van der Waals surface area contributed by atoms with Crippen LogP contribution in [-0.2, 0) is 4.74 Å². The van der Waals surface area contributed by atoms with E-state index < -0.39 is 0 Å². The number of allylic oxidation sites excluding steroid dienone is 1. The van der Waals surface area contributed by atoms with Crippen LogP contribution >= 0.6 is 11.6 Å². The van der Waals surface area contributed by atoms with Gasteiger partial charge in [0.05, 0.1) is 6.61 Å². The van der Waals surface area contributed by atoms with Gasteiger partial charge in [-0.3, -0.25) is 4.57 Å². The zero-order chi connectivity index (χ0) is 20.1. The van der Waals surface area contributed by atoms with Gasteiger partial charge in [-0.1, -0.05) is 56.6 Å². The smallest absolute Gasteiger partial charge is 0.244 e. The minimum Gasteiger partial charge on any atom is -0.492 e. The van der Waals surface area contributed by atoms with Gasteiger partial charge >= 0.3 is 0 Å². The summed E-state index contributed by atoms with van der Waals surface area (Å²) in [7, 11) is 0. The predicted octanol–water partition coefficient (Wildman–Crippen LogP) is 6.49. The third-order valence-corrected chi connectivity index (χ3v) is 4.40. The zero-order valence-electron chi connectivity index (χ0n) is 16.6. The molecule has 0 saturated carbocycles. The summed E-state index contributed by atoms with van der Waals surface area (Å²) >= 11 is 5.98. The standard InChI is InChI=1S/C23H25ClN2O2/c1-5-27-21(23(2,3)4)22(26-15-14-25-16-26)28-20-12-8-18(9-13-20)17-6-10-19(24)11-7-17/h6-16H,5H2,1-4H3. The Bertz CT molecular complexity index is 922. The van der Waals surface area contributed by atoms with Crippen LogP contribution in [0.5, 0.6) is 5.75 Å². The van der Waals surface area contributed by atoms with Gasteiger partial charge < -0.3 is 9.47 Å². The van der Waals surface area contributed by atoms with E-state index >= 15 is 0 Å². The van der Waals surface area contributed by atoms with Crippen molar-refractivity contribution in [3.63, 3.8) is 0 Å². The van der Waals surface area contributed by atoms with Gasteiger partial charge in [0, 0.05) is 22.8 Å². The molecule has 3 aromatic rings. The number of ether oxygens (including phenoxy) is 2. The number of aromatic nitrogens is 2. The first-order valence-electron chi connectivity index (χ1n) is 9.28. The average Bonchev–Trinajstić information content (AvgIpc) is 3.19. The summed E-state index contributed by atoms with van der Waals surface area (Å²) < 4.78 is 14.1. The van der Waals surface area contributed by atoms with Crippen molar-refractivity contribution in [3.05, 3.63) is 78.0 Å². The molecule has 0 spiro atoms. The van der Waals surface area contributed by atoms with Crippen LogP contribution in [0.4, 0.5) is 0 Å². The highest BCUT2D eigenvalue weighted by molar-refractivity contribution is 6.30. The Morgan fingerprint density at radius 2 is 1.61 bits per heavy atom. The highest BCUT2D eigenvalue weighted by atomic mass is 35.5. The number of nitrogens with zero attached hydrogens (tertiary/aromatic N) is 2. The van der Waals surface area contributed by atoms with E-state index in [0.29, 0.717) is 12.5 Å². The van der Waals surface area contributed by atoms with Gasteiger partial charge in [-0.15, -0.1) is 0 Å². The van der Waals surface area contributed by atoms with E-state index in [1.54, 1.807) is 12.5 Å². The zero-order valence-corrected chi connectivity index (χ0v) is 17.4. The van der Waals surface area contributed by atoms with Crippen molar-refractivity contribution in [3.8, 4) is 16.9 Å². The van der Waals surface area contributed by atoms with E-state index in [1.807, 2.05) is 66.2 Å². The van der Waals surface area contributed by atoms with Gasteiger partial charge in [0.2, 0.25) is 5.88 Å². The average molecular weight is 397 g/mol. The van der Waals surface area contributed by atoms with E-state index in [4.69, 9.17) is 21.1 Å². The van der Waals surface area contributed by atoms with Gasteiger partial charge in [0.25, 0.3) is 0 Å². The van der Waals surface area contributed by atoms with Crippen LogP contribution in [0.15, 0.2) is 73.0 Å². The second-order valence-electron chi connectivity index (χ2n) is 7.42. The van der Waals surface area contributed by atoms with Gasteiger partial charge in [-0.2, -0.15) is 0 Å². The molecule has 0 amide bonds. The van der Waals surface area contributed by atoms with Crippen molar-refractivity contribution < 1.29 is 9.47 Å². The molecule has 0 fully saturated rings. The fourth-order valence-electron chi connectivity index (χ4n) is 2.81. The normalized spacial score (nSPS) is 12.5. The van der Waals surface area contributed by atoms with Crippen LogP contribution in [0.2, 0.25) is 5.02 Å². The van der Waals surface area contributed by atoms with Crippen molar-refractivity contribution in [2.75, 3.05) is 6.61 Å². The summed E-state index contributed by atoms with van der Waals surface area (Å²) in [6.07, 6.45) is 5.28. The quantitative estimate of drug-likeness (QED) is 0.446. The lowest BCUT2D eigenvalue weighted by Crippen LogP contribution is -2.19. The molecule has 0 aliphatic heterocycles. The molecule has 5 heteroatoms. The highest BCUT2D eigenvalue weighted by Crippen LogP contribution is 2.33. The molecule has 0 aliphatic rings. The van der Waals surface area contributed by atoms with Crippen molar-refractivity contribution in [2.45, 2.75) is 27.7 Å². The van der Waals surface area contributed by atoms with Gasteiger partial charge in [0.15, 0.2) is 5.76 Å². The number of imidazole rings is 1. The second-order valence-corrected chi connectivity index (χ2v) is 7.86. The van der Waals surface area contributed by atoms with Gasteiger partial charge in [0.1, 0.15) is 12.1 Å². The number of halogens is 1. The van der Waals surface area contributed by atoms with E-state index in [0.717, 1.165) is 27.7 Å². The lowest BCUT2D eigenvalue weighted by Gasteiger charge is -2.26. The molecule has 0 unspecified atom stereocenters. The Morgan fingerprint density at radius 1 is 1.00 bits per heavy atom. The van der Waals surface area contributed by atoms with Crippen LogP contribution in [0.3, 0.4) is 0 Å². The number of benzene rings is 2. The minimum absolute atomic E-state index is 0.223. The maximum Gasteiger partial charge on any atom is 0.244 e. The fraction of sp³-hybridized carbons (Fsp3) is 0.261. The maximum absolute atomic E-state index is 6.27. The van der Waals surface area contributed by atoms with Crippen molar-refractivity contribution in [1.29, 1.82) is 0 Å². The number of rotatable bonds is 6. The lowest BCUT2D eigenvalue weighted by molar-refractivity contribution is 0.155. The predicted molar refractivity (Wildman–Crippen MR) is 114 cm³/mol. The topological polar surface area (TPSA) is 36.3 Å². The molecule has 0 radical (unpaired) electrons. The Hall–Kier alpha value is -2.72. The Balaban J connectivity index is 1.94. The van der Waals surface area contributed by atoms with E-state index in [1.165, 1.54) is 0 Å². The Labute approximate surface area is 171 Å². The molecule has 1 aromatic heterocycles. The van der Waals surface area contributed by atoms with Gasteiger partial charge in [-0.25, -0.2) is 4.98 Å². The lowest BCUT2D eigenvalue weighted by atomic mass is 9.93. The molecule has 0 saturated heterocycles. The highest BCUT2D eigenvalue weighted by Gasteiger charge is 2.26.